The van der Waals surface area contributed by atoms with E-state index in [9.17, 15) is 13.2 Å². The first-order valence-electron chi connectivity index (χ1n) is 4.70. The van der Waals surface area contributed by atoms with Gasteiger partial charge in [-0.2, -0.15) is 13.2 Å². The minimum absolute atomic E-state index is 0. The molecule has 0 aliphatic heterocycles. The second-order valence-corrected chi connectivity index (χ2v) is 3.52. The van der Waals surface area contributed by atoms with Crippen LogP contribution < -0.4 is 5.73 Å². The second-order valence-electron chi connectivity index (χ2n) is 3.52. The zero-order valence-corrected chi connectivity index (χ0v) is 9.77. The van der Waals surface area contributed by atoms with Gasteiger partial charge in [-0.15, -0.1) is 12.4 Å². The third-order valence-corrected chi connectivity index (χ3v) is 2.30. The Labute approximate surface area is 107 Å². The van der Waals surface area contributed by atoms with Crippen LogP contribution in [0.3, 0.4) is 0 Å². The molecule has 0 fully saturated rings. The molecule has 0 saturated heterocycles. The SMILES string of the molecule is Cl.N=C(N)c1ccc2ccc(C(F)(F)F)cc2n1. The highest BCUT2D eigenvalue weighted by molar-refractivity contribution is 5.95. The van der Waals surface area contributed by atoms with Gasteiger partial charge in [0.1, 0.15) is 11.5 Å². The lowest BCUT2D eigenvalue weighted by atomic mass is 10.1. The van der Waals surface area contributed by atoms with E-state index in [0.717, 1.165) is 12.1 Å². The fraction of sp³-hybridized carbons (Fsp3) is 0.0909. The van der Waals surface area contributed by atoms with E-state index in [0.29, 0.717) is 5.39 Å². The monoisotopic (exact) mass is 275 g/mol. The van der Waals surface area contributed by atoms with Crippen molar-refractivity contribution in [3.05, 3.63) is 41.6 Å². The van der Waals surface area contributed by atoms with Crippen molar-refractivity contribution < 1.29 is 13.2 Å². The summed E-state index contributed by atoms with van der Waals surface area (Å²) in [6, 6.07) is 6.37. The van der Waals surface area contributed by atoms with Gasteiger partial charge >= 0.3 is 6.18 Å². The minimum Gasteiger partial charge on any atom is -0.382 e. The highest BCUT2D eigenvalue weighted by Gasteiger charge is 2.30. The predicted octanol–water partition coefficient (Wildman–Crippen LogP) is 2.96. The Bertz CT molecular complexity index is 596. The Balaban J connectivity index is 0.00000162. The molecule has 3 N–H and O–H groups in total. The van der Waals surface area contributed by atoms with Gasteiger partial charge in [-0.3, -0.25) is 5.41 Å². The van der Waals surface area contributed by atoms with Crippen LogP contribution >= 0.6 is 12.4 Å². The number of hydrogen-bond donors (Lipinski definition) is 2. The summed E-state index contributed by atoms with van der Waals surface area (Å²) >= 11 is 0. The molecule has 96 valence electrons. The number of hydrogen-bond acceptors (Lipinski definition) is 2. The number of halogens is 4. The van der Waals surface area contributed by atoms with Crippen LogP contribution in [0.15, 0.2) is 30.3 Å². The molecule has 2 aromatic rings. The minimum atomic E-state index is -4.40. The van der Waals surface area contributed by atoms with Crippen molar-refractivity contribution in [3.63, 3.8) is 0 Å². The van der Waals surface area contributed by atoms with Crippen molar-refractivity contribution in [2.24, 2.45) is 5.73 Å². The van der Waals surface area contributed by atoms with Gasteiger partial charge in [-0.1, -0.05) is 12.1 Å². The lowest BCUT2D eigenvalue weighted by Gasteiger charge is -2.07. The first-order valence-corrected chi connectivity index (χ1v) is 4.70. The molecule has 0 radical (unpaired) electrons. The molecule has 18 heavy (non-hydrogen) atoms. The average molecular weight is 276 g/mol. The van der Waals surface area contributed by atoms with Gasteiger partial charge in [0.2, 0.25) is 0 Å². The van der Waals surface area contributed by atoms with Gasteiger partial charge in [0.05, 0.1) is 11.1 Å². The Morgan fingerprint density at radius 3 is 2.33 bits per heavy atom. The van der Waals surface area contributed by atoms with E-state index in [2.05, 4.69) is 4.98 Å². The van der Waals surface area contributed by atoms with Crippen LogP contribution in [0.2, 0.25) is 0 Å². The van der Waals surface area contributed by atoms with Crippen molar-refractivity contribution in [1.29, 1.82) is 5.41 Å². The Kier molecular flexibility index (Phi) is 3.81. The van der Waals surface area contributed by atoms with Crippen LogP contribution in [0.4, 0.5) is 13.2 Å². The lowest BCUT2D eigenvalue weighted by molar-refractivity contribution is -0.137. The number of alkyl halides is 3. The van der Waals surface area contributed by atoms with Crippen LogP contribution in [0, 0.1) is 5.41 Å². The van der Waals surface area contributed by atoms with Crippen molar-refractivity contribution in [3.8, 4) is 0 Å². The lowest BCUT2D eigenvalue weighted by Crippen LogP contribution is -2.13. The van der Waals surface area contributed by atoms with E-state index in [-0.39, 0.29) is 29.5 Å². The van der Waals surface area contributed by atoms with Crippen LogP contribution in [-0.2, 0) is 6.18 Å². The molecule has 0 saturated carbocycles. The van der Waals surface area contributed by atoms with E-state index < -0.39 is 11.7 Å². The Morgan fingerprint density at radius 1 is 1.17 bits per heavy atom. The fourth-order valence-electron chi connectivity index (χ4n) is 1.44. The van der Waals surface area contributed by atoms with Crippen LogP contribution in [0.25, 0.3) is 10.9 Å². The van der Waals surface area contributed by atoms with Gasteiger partial charge in [-0.05, 0) is 18.2 Å². The zero-order valence-electron chi connectivity index (χ0n) is 8.95. The standard InChI is InChI=1S/C11H8F3N3.ClH/c12-11(13,14)7-3-1-6-2-4-8(10(15)16)17-9(6)5-7;/h1-5H,(H3,15,16);1H. The molecule has 0 spiro atoms. The molecule has 1 heterocycles. The highest BCUT2D eigenvalue weighted by atomic mass is 35.5. The number of nitrogen functional groups attached to an aromatic ring is 1. The molecule has 0 bridgehead atoms. The van der Waals surface area contributed by atoms with Crippen LogP contribution in [0.5, 0.6) is 0 Å². The topological polar surface area (TPSA) is 62.8 Å². The molecule has 0 aliphatic carbocycles. The number of pyridine rings is 1. The molecule has 1 aromatic carbocycles. The largest absolute Gasteiger partial charge is 0.416 e. The molecular weight excluding hydrogens is 267 g/mol. The van der Waals surface area contributed by atoms with Crippen LogP contribution in [-0.4, -0.2) is 10.8 Å². The normalized spacial score (nSPS) is 11.1. The summed E-state index contributed by atoms with van der Waals surface area (Å²) in [7, 11) is 0. The molecule has 0 unspecified atom stereocenters. The Morgan fingerprint density at radius 2 is 1.78 bits per heavy atom. The van der Waals surface area contributed by atoms with Gasteiger partial charge in [0.25, 0.3) is 0 Å². The fourth-order valence-corrected chi connectivity index (χ4v) is 1.44. The first kappa shape index (κ1) is 14.2. The van der Waals surface area contributed by atoms with Crippen LogP contribution in [0.1, 0.15) is 11.3 Å². The molecule has 0 amide bonds. The summed E-state index contributed by atoms with van der Waals surface area (Å²) in [6.45, 7) is 0. The molecule has 3 nitrogen and oxygen atoms in total. The van der Waals surface area contributed by atoms with Crippen molar-refractivity contribution in [1.82, 2.24) is 4.98 Å². The first-order chi connectivity index (χ1) is 7.88. The predicted molar refractivity (Wildman–Crippen MR) is 65.0 cm³/mol. The summed E-state index contributed by atoms with van der Waals surface area (Å²) in [5.41, 5.74) is 4.80. The summed E-state index contributed by atoms with van der Waals surface area (Å²) in [5.74, 6) is -0.274. The quantitative estimate of drug-likeness (QED) is 0.621. The number of fused-ring (bicyclic) bond motifs is 1. The number of aromatic nitrogens is 1. The van der Waals surface area contributed by atoms with Gasteiger partial charge in [0.15, 0.2) is 0 Å². The number of amidine groups is 1. The van der Waals surface area contributed by atoms with E-state index in [1.807, 2.05) is 0 Å². The molecule has 0 atom stereocenters. The highest BCUT2D eigenvalue weighted by Crippen LogP contribution is 2.30. The second kappa shape index (κ2) is 4.81. The maximum Gasteiger partial charge on any atom is 0.416 e. The number of rotatable bonds is 1. The maximum atomic E-state index is 12.5. The summed E-state index contributed by atoms with van der Waals surface area (Å²) in [4.78, 5) is 3.90. The molecule has 2 rings (SSSR count). The maximum absolute atomic E-state index is 12.5. The van der Waals surface area contributed by atoms with E-state index >= 15 is 0 Å². The molecule has 7 heteroatoms. The zero-order chi connectivity index (χ0) is 12.6. The van der Waals surface area contributed by atoms with Gasteiger partial charge < -0.3 is 5.73 Å². The van der Waals surface area contributed by atoms with E-state index in [4.69, 9.17) is 11.1 Å². The van der Waals surface area contributed by atoms with Crippen molar-refractivity contribution in [2.75, 3.05) is 0 Å². The number of nitrogens with zero attached hydrogens (tertiary/aromatic N) is 1. The summed E-state index contributed by atoms with van der Waals surface area (Å²) < 4.78 is 37.4. The van der Waals surface area contributed by atoms with E-state index in [1.165, 1.54) is 12.1 Å². The smallest absolute Gasteiger partial charge is 0.382 e. The molecule has 0 aliphatic rings. The summed E-state index contributed by atoms with van der Waals surface area (Å²) in [5, 5.41) is 7.75. The number of nitrogens with two attached hydrogens (primary N) is 1. The third-order valence-electron chi connectivity index (χ3n) is 2.30. The Hall–Kier alpha value is -1.82. The van der Waals surface area contributed by atoms with Crippen molar-refractivity contribution in [2.45, 2.75) is 6.18 Å². The third kappa shape index (κ3) is 2.70. The summed E-state index contributed by atoms with van der Waals surface area (Å²) in [6.07, 6.45) is -4.40. The van der Waals surface area contributed by atoms with Crippen molar-refractivity contribution >= 4 is 29.1 Å². The number of benzene rings is 1. The average Bonchev–Trinajstić information content (AvgIpc) is 2.26. The van der Waals surface area contributed by atoms with Gasteiger partial charge in [-0.25, -0.2) is 4.98 Å². The molecular formula is C11H9ClF3N3. The molecule has 1 aromatic heterocycles. The van der Waals surface area contributed by atoms with E-state index in [1.54, 1.807) is 6.07 Å². The number of nitrogens with one attached hydrogen (secondary N) is 1. The van der Waals surface area contributed by atoms with Gasteiger partial charge in [0, 0.05) is 5.39 Å².